The van der Waals surface area contributed by atoms with Crippen molar-refractivity contribution in [1.29, 1.82) is 0 Å². The number of carbonyl (C=O) groups excluding carboxylic acids is 1. The molecule has 15 heavy (non-hydrogen) atoms. The van der Waals surface area contributed by atoms with Crippen LogP contribution in [-0.2, 0) is 11.3 Å². The highest BCUT2D eigenvalue weighted by atomic mass is 35.5. The number of nitrogens with one attached hydrogen (secondary N) is 1. The van der Waals surface area contributed by atoms with Crippen LogP contribution >= 0.6 is 11.6 Å². The number of hydrogen-bond acceptors (Lipinski definition) is 2. The van der Waals surface area contributed by atoms with Gasteiger partial charge in [0.1, 0.15) is 11.9 Å². The van der Waals surface area contributed by atoms with E-state index in [0.29, 0.717) is 5.56 Å². The number of rotatable bonds is 3. The van der Waals surface area contributed by atoms with E-state index in [1.165, 1.54) is 25.1 Å². The van der Waals surface area contributed by atoms with Crippen molar-refractivity contribution in [3.05, 3.63) is 34.6 Å². The molecule has 1 atom stereocenters. The van der Waals surface area contributed by atoms with Gasteiger partial charge in [0.2, 0.25) is 5.91 Å². The maximum Gasteiger partial charge on any atom is 0.248 e. The van der Waals surface area contributed by atoms with Crippen LogP contribution in [-0.4, -0.2) is 17.1 Å². The van der Waals surface area contributed by atoms with Crippen LogP contribution < -0.4 is 5.32 Å². The maximum atomic E-state index is 12.8. The number of amides is 1. The molecule has 0 aliphatic rings. The minimum atomic E-state index is -1.05. The van der Waals surface area contributed by atoms with Gasteiger partial charge in [0.15, 0.2) is 0 Å². The Bertz CT molecular complexity index is 368. The van der Waals surface area contributed by atoms with Crippen molar-refractivity contribution in [2.24, 2.45) is 0 Å². The van der Waals surface area contributed by atoms with E-state index in [4.69, 9.17) is 16.7 Å². The van der Waals surface area contributed by atoms with Crippen LogP contribution in [0, 0.1) is 5.82 Å². The van der Waals surface area contributed by atoms with E-state index >= 15 is 0 Å². The summed E-state index contributed by atoms with van der Waals surface area (Å²) in [6.07, 6.45) is -1.05. The van der Waals surface area contributed by atoms with Crippen LogP contribution in [0.15, 0.2) is 18.2 Å². The summed E-state index contributed by atoms with van der Waals surface area (Å²) in [5, 5.41) is 11.4. The summed E-state index contributed by atoms with van der Waals surface area (Å²) in [5.41, 5.74) is 0.676. The molecule has 0 heterocycles. The Kier molecular flexibility index (Phi) is 4.05. The lowest BCUT2D eigenvalue weighted by Crippen LogP contribution is -2.31. The second-order valence-electron chi connectivity index (χ2n) is 3.14. The van der Waals surface area contributed by atoms with Crippen LogP contribution in [0.25, 0.3) is 0 Å². The highest BCUT2D eigenvalue weighted by Crippen LogP contribution is 2.15. The Morgan fingerprint density at radius 3 is 2.87 bits per heavy atom. The molecule has 0 bridgehead atoms. The van der Waals surface area contributed by atoms with Gasteiger partial charge < -0.3 is 10.4 Å². The van der Waals surface area contributed by atoms with E-state index in [1.807, 2.05) is 0 Å². The molecule has 0 fully saturated rings. The molecule has 1 rings (SSSR count). The first-order valence-corrected chi connectivity index (χ1v) is 4.78. The quantitative estimate of drug-likeness (QED) is 0.828. The molecule has 0 spiro atoms. The highest BCUT2D eigenvalue weighted by molar-refractivity contribution is 6.30. The first-order valence-electron chi connectivity index (χ1n) is 4.40. The molecular formula is C10H11ClFNO2. The third-order valence-electron chi connectivity index (χ3n) is 1.83. The summed E-state index contributed by atoms with van der Waals surface area (Å²) >= 11 is 5.55. The molecule has 1 unspecified atom stereocenters. The van der Waals surface area contributed by atoms with Crippen LogP contribution in [0.3, 0.4) is 0 Å². The standard InChI is InChI=1S/C10H11ClFNO2/c1-6(14)10(15)13-5-7-2-3-9(12)8(11)4-7/h2-4,6,14H,5H2,1H3,(H,13,15). The van der Waals surface area contributed by atoms with Gasteiger partial charge in [-0.15, -0.1) is 0 Å². The van der Waals surface area contributed by atoms with E-state index < -0.39 is 17.8 Å². The summed E-state index contributed by atoms with van der Waals surface area (Å²) in [6, 6.07) is 4.18. The molecule has 5 heteroatoms. The second-order valence-corrected chi connectivity index (χ2v) is 3.55. The number of aliphatic hydroxyl groups excluding tert-OH is 1. The monoisotopic (exact) mass is 231 g/mol. The summed E-state index contributed by atoms with van der Waals surface area (Å²) < 4.78 is 12.8. The Morgan fingerprint density at radius 2 is 2.33 bits per heavy atom. The van der Waals surface area contributed by atoms with Crippen molar-refractivity contribution in [2.45, 2.75) is 19.6 Å². The third-order valence-corrected chi connectivity index (χ3v) is 2.12. The van der Waals surface area contributed by atoms with Gasteiger partial charge in [-0.3, -0.25) is 4.79 Å². The van der Waals surface area contributed by atoms with Crippen molar-refractivity contribution < 1.29 is 14.3 Å². The normalized spacial score (nSPS) is 12.3. The molecule has 0 aliphatic carbocycles. The summed E-state index contributed by atoms with van der Waals surface area (Å²) in [6.45, 7) is 1.58. The Labute approximate surface area is 91.9 Å². The van der Waals surface area contributed by atoms with Crippen molar-refractivity contribution in [3.8, 4) is 0 Å². The van der Waals surface area contributed by atoms with E-state index in [0.717, 1.165) is 0 Å². The zero-order chi connectivity index (χ0) is 11.4. The summed E-state index contributed by atoms with van der Waals surface area (Å²) in [7, 11) is 0. The smallest absolute Gasteiger partial charge is 0.248 e. The fourth-order valence-electron chi connectivity index (χ4n) is 0.986. The predicted molar refractivity (Wildman–Crippen MR) is 54.9 cm³/mol. The third kappa shape index (κ3) is 3.49. The van der Waals surface area contributed by atoms with Gasteiger partial charge in [0.05, 0.1) is 5.02 Å². The molecule has 1 amide bonds. The minimum absolute atomic E-state index is 0.0128. The topological polar surface area (TPSA) is 49.3 Å². The lowest BCUT2D eigenvalue weighted by atomic mass is 10.2. The van der Waals surface area contributed by atoms with E-state index in [9.17, 15) is 9.18 Å². The van der Waals surface area contributed by atoms with Crippen LogP contribution in [0.1, 0.15) is 12.5 Å². The van der Waals surface area contributed by atoms with E-state index in [1.54, 1.807) is 0 Å². The zero-order valence-corrected chi connectivity index (χ0v) is 8.88. The Balaban J connectivity index is 2.58. The van der Waals surface area contributed by atoms with E-state index in [2.05, 4.69) is 5.32 Å². The van der Waals surface area contributed by atoms with E-state index in [-0.39, 0.29) is 11.6 Å². The molecule has 0 saturated carbocycles. The van der Waals surface area contributed by atoms with Crippen molar-refractivity contribution >= 4 is 17.5 Å². The maximum absolute atomic E-state index is 12.8. The lowest BCUT2D eigenvalue weighted by molar-refractivity contribution is -0.128. The van der Waals surface area contributed by atoms with Crippen molar-refractivity contribution in [3.63, 3.8) is 0 Å². The van der Waals surface area contributed by atoms with Crippen molar-refractivity contribution in [2.75, 3.05) is 0 Å². The SMILES string of the molecule is CC(O)C(=O)NCc1ccc(F)c(Cl)c1. The number of aliphatic hydroxyl groups is 1. The van der Waals surface area contributed by atoms with Gasteiger partial charge in [-0.05, 0) is 24.6 Å². The Hall–Kier alpha value is -1.13. The van der Waals surface area contributed by atoms with Crippen LogP contribution in [0.5, 0.6) is 0 Å². The summed E-state index contributed by atoms with van der Waals surface area (Å²) in [4.78, 5) is 11.0. The fourth-order valence-corrected chi connectivity index (χ4v) is 1.19. The zero-order valence-electron chi connectivity index (χ0n) is 8.13. The van der Waals surface area contributed by atoms with Crippen LogP contribution in [0.4, 0.5) is 4.39 Å². The second kappa shape index (κ2) is 5.09. The lowest BCUT2D eigenvalue weighted by Gasteiger charge is -2.07. The first kappa shape index (κ1) is 11.9. The van der Waals surface area contributed by atoms with Crippen molar-refractivity contribution in [1.82, 2.24) is 5.32 Å². The van der Waals surface area contributed by atoms with Gasteiger partial charge in [-0.25, -0.2) is 4.39 Å². The predicted octanol–water partition coefficient (Wildman–Crippen LogP) is 1.48. The van der Waals surface area contributed by atoms with Crippen LogP contribution in [0.2, 0.25) is 5.02 Å². The first-order chi connectivity index (χ1) is 7.00. The minimum Gasteiger partial charge on any atom is -0.384 e. The number of carbonyl (C=O) groups is 1. The molecular weight excluding hydrogens is 221 g/mol. The molecule has 0 saturated heterocycles. The summed E-state index contributed by atoms with van der Waals surface area (Å²) in [5.74, 6) is -0.974. The van der Waals surface area contributed by atoms with Gasteiger partial charge in [0.25, 0.3) is 0 Å². The highest BCUT2D eigenvalue weighted by Gasteiger charge is 2.08. The number of hydrogen-bond donors (Lipinski definition) is 2. The number of halogens is 2. The molecule has 1 aromatic carbocycles. The van der Waals surface area contributed by atoms with Gasteiger partial charge in [-0.2, -0.15) is 0 Å². The molecule has 0 aromatic heterocycles. The largest absolute Gasteiger partial charge is 0.384 e. The molecule has 3 nitrogen and oxygen atoms in total. The average Bonchev–Trinajstić information content (AvgIpc) is 2.19. The fraction of sp³-hybridized carbons (Fsp3) is 0.300. The molecule has 0 radical (unpaired) electrons. The molecule has 1 aromatic rings. The Morgan fingerprint density at radius 1 is 1.67 bits per heavy atom. The molecule has 82 valence electrons. The van der Waals surface area contributed by atoms with Gasteiger partial charge in [-0.1, -0.05) is 17.7 Å². The van der Waals surface area contributed by atoms with Gasteiger partial charge >= 0.3 is 0 Å². The molecule has 2 N–H and O–H groups in total. The van der Waals surface area contributed by atoms with Gasteiger partial charge in [0, 0.05) is 6.54 Å². The molecule has 0 aliphatic heterocycles. The number of benzene rings is 1. The average molecular weight is 232 g/mol.